The molecule has 1 N–H and O–H groups in total. The van der Waals surface area contributed by atoms with E-state index in [2.05, 4.69) is 5.32 Å². The standard InChI is InChI=1S/C25H30N4O3/c1-17-10-11-21(18(2)12-17)26-24(32)29-14-20-13-28(22(30)19-8-6-5-7-9-19)15-25(20,16-29)23(31)27(3)4/h5-12,20H,13-16H2,1-4H3,(H,26,32)/t20-,25-/m0/s1. The van der Waals surface area contributed by atoms with E-state index < -0.39 is 5.41 Å². The number of amides is 4. The molecular formula is C25H30N4O3. The molecule has 32 heavy (non-hydrogen) atoms. The van der Waals surface area contributed by atoms with E-state index in [1.807, 2.05) is 50.2 Å². The number of nitrogens with one attached hydrogen (secondary N) is 1. The number of hydrogen-bond acceptors (Lipinski definition) is 3. The summed E-state index contributed by atoms with van der Waals surface area (Å²) in [5, 5.41) is 3.00. The molecule has 0 spiro atoms. The van der Waals surface area contributed by atoms with Crippen molar-refractivity contribution >= 4 is 23.5 Å². The summed E-state index contributed by atoms with van der Waals surface area (Å²) in [6.07, 6.45) is 0. The number of carbonyl (C=O) groups excluding carboxylic acids is 3. The summed E-state index contributed by atoms with van der Waals surface area (Å²) >= 11 is 0. The Morgan fingerprint density at radius 1 is 0.969 bits per heavy atom. The largest absolute Gasteiger partial charge is 0.348 e. The van der Waals surface area contributed by atoms with Gasteiger partial charge in [0.05, 0.1) is 5.41 Å². The van der Waals surface area contributed by atoms with Crippen molar-refractivity contribution in [2.24, 2.45) is 11.3 Å². The van der Waals surface area contributed by atoms with Gasteiger partial charge >= 0.3 is 6.03 Å². The molecule has 2 aliphatic rings. The summed E-state index contributed by atoms with van der Waals surface area (Å²) in [7, 11) is 3.46. The lowest BCUT2D eigenvalue weighted by Gasteiger charge is -2.30. The van der Waals surface area contributed by atoms with Crippen molar-refractivity contribution < 1.29 is 14.4 Å². The molecule has 2 atom stereocenters. The van der Waals surface area contributed by atoms with E-state index in [-0.39, 0.29) is 23.8 Å². The van der Waals surface area contributed by atoms with Crippen LogP contribution in [0.4, 0.5) is 10.5 Å². The number of likely N-dealkylation sites (tertiary alicyclic amines) is 2. The molecule has 2 aliphatic heterocycles. The first-order valence-electron chi connectivity index (χ1n) is 10.9. The minimum atomic E-state index is -0.784. The van der Waals surface area contributed by atoms with E-state index >= 15 is 0 Å². The number of aryl methyl sites for hydroxylation is 2. The highest BCUT2D eigenvalue weighted by molar-refractivity contribution is 5.96. The maximum absolute atomic E-state index is 13.3. The van der Waals surface area contributed by atoms with Crippen LogP contribution in [0.2, 0.25) is 0 Å². The lowest BCUT2D eigenvalue weighted by Crippen LogP contribution is -2.48. The summed E-state index contributed by atoms with van der Waals surface area (Å²) in [6.45, 7) is 5.49. The van der Waals surface area contributed by atoms with Crippen molar-refractivity contribution in [3.05, 3.63) is 65.2 Å². The fourth-order valence-corrected chi connectivity index (χ4v) is 5.03. The molecule has 0 bridgehead atoms. The number of benzene rings is 2. The molecule has 2 fully saturated rings. The molecule has 2 aromatic carbocycles. The highest BCUT2D eigenvalue weighted by Gasteiger charge is 2.59. The molecule has 0 aromatic heterocycles. The third-order valence-electron chi connectivity index (χ3n) is 6.66. The molecule has 0 saturated carbocycles. The molecule has 7 heteroatoms. The molecule has 2 heterocycles. The van der Waals surface area contributed by atoms with Crippen molar-refractivity contribution in [1.82, 2.24) is 14.7 Å². The fraction of sp³-hybridized carbons (Fsp3) is 0.400. The predicted molar refractivity (Wildman–Crippen MR) is 123 cm³/mol. The van der Waals surface area contributed by atoms with E-state index in [9.17, 15) is 14.4 Å². The van der Waals surface area contributed by atoms with Gasteiger partial charge in [0.15, 0.2) is 0 Å². The Bertz CT molecular complexity index is 1050. The van der Waals surface area contributed by atoms with Crippen LogP contribution in [0.5, 0.6) is 0 Å². The predicted octanol–water partition coefficient (Wildman–Crippen LogP) is 3.00. The second-order valence-electron chi connectivity index (χ2n) is 9.23. The number of carbonyl (C=O) groups is 3. The van der Waals surface area contributed by atoms with Crippen molar-refractivity contribution in [1.29, 1.82) is 0 Å². The minimum Gasteiger partial charge on any atom is -0.348 e. The van der Waals surface area contributed by atoms with Crippen LogP contribution in [0.15, 0.2) is 48.5 Å². The topological polar surface area (TPSA) is 73.0 Å². The summed E-state index contributed by atoms with van der Waals surface area (Å²) in [5.74, 6) is -0.209. The summed E-state index contributed by atoms with van der Waals surface area (Å²) < 4.78 is 0. The Morgan fingerprint density at radius 2 is 1.62 bits per heavy atom. The number of anilines is 1. The van der Waals surface area contributed by atoms with E-state index in [0.29, 0.717) is 31.7 Å². The fourth-order valence-electron chi connectivity index (χ4n) is 5.03. The first kappa shape index (κ1) is 21.9. The highest BCUT2D eigenvalue weighted by Crippen LogP contribution is 2.44. The molecule has 4 amide bonds. The highest BCUT2D eigenvalue weighted by atomic mass is 16.2. The third kappa shape index (κ3) is 3.83. The average Bonchev–Trinajstić information content (AvgIpc) is 3.30. The maximum atomic E-state index is 13.3. The zero-order chi connectivity index (χ0) is 23.0. The van der Waals surface area contributed by atoms with Crippen molar-refractivity contribution in [3.63, 3.8) is 0 Å². The Kier molecular flexibility index (Phi) is 5.67. The monoisotopic (exact) mass is 434 g/mol. The van der Waals surface area contributed by atoms with E-state index in [4.69, 9.17) is 0 Å². The van der Waals surface area contributed by atoms with Gasteiger partial charge in [-0.05, 0) is 37.6 Å². The van der Waals surface area contributed by atoms with Crippen LogP contribution in [-0.4, -0.2) is 72.8 Å². The first-order chi connectivity index (χ1) is 15.2. The lowest BCUT2D eigenvalue weighted by atomic mass is 9.80. The SMILES string of the molecule is Cc1ccc(NC(=O)N2C[C@@H]3CN(C(=O)c4ccccc4)C[C@]3(C(=O)N(C)C)C2)c(C)c1. The smallest absolute Gasteiger partial charge is 0.321 e. The van der Waals surface area contributed by atoms with Crippen LogP contribution >= 0.6 is 0 Å². The summed E-state index contributed by atoms with van der Waals surface area (Å²) in [5.41, 5.74) is 2.73. The van der Waals surface area contributed by atoms with Gasteiger partial charge in [-0.15, -0.1) is 0 Å². The van der Waals surface area contributed by atoms with E-state index in [1.54, 1.807) is 40.9 Å². The molecule has 168 valence electrons. The summed E-state index contributed by atoms with van der Waals surface area (Å²) in [6, 6.07) is 14.8. The van der Waals surface area contributed by atoms with Crippen molar-refractivity contribution in [2.45, 2.75) is 13.8 Å². The number of fused-ring (bicyclic) bond motifs is 1. The first-order valence-corrected chi connectivity index (χ1v) is 10.9. The van der Waals surface area contributed by atoms with Crippen LogP contribution in [-0.2, 0) is 4.79 Å². The van der Waals surface area contributed by atoms with Gasteiger partial charge in [-0.3, -0.25) is 9.59 Å². The quantitative estimate of drug-likeness (QED) is 0.807. The van der Waals surface area contributed by atoms with Crippen LogP contribution in [0.1, 0.15) is 21.5 Å². The van der Waals surface area contributed by atoms with Crippen LogP contribution in [0.3, 0.4) is 0 Å². The number of rotatable bonds is 3. The summed E-state index contributed by atoms with van der Waals surface area (Å²) in [4.78, 5) is 44.5. The number of hydrogen-bond donors (Lipinski definition) is 1. The van der Waals surface area contributed by atoms with Crippen LogP contribution in [0.25, 0.3) is 0 Å². The molecule has 0 aliphatic carbocycles. The molecule has 2 saturated heterocycles. The van der Waals surface area contributed by atoms with Gasteiger partial charge in [0.1, 0.15) is 0 Å². The average molecular weight is 435 g/mol. The molecule has 7 nitrogen and oxygen atoms in total. The van der Waals surface area contributed by atoms with Crippen LogP contribution in [0, 0.1) is 25.2 Å². The van der Waals surface area contributed by atoms with Gasteiger partial charge in [0, 0.05) is 57.4 Å². The molecule has 4 rings (SSSR count). The Hall–Kier alpha value is -3.35. The van der Waals surface area contributed by atoms with Crippen LogP contribution < -0.4 is 5.32 Å². The van der Waals surface area contributed by atoms with E-state index in [1.165, 1.54) is 0 Å². The van der Waals surface area contributed by atoms with E-state index in [0.717, 1.165) is 16.8 Å². The van der Waals surface area contributed by atoms with Gasteiger partial charge in [0.25, 0.3) is 5.91 Å². The zero-order valence-electron chi connectivity index (χ0n) is 19.1. The second kappa shape index (κ2) is 8.30. The maximum Gasteiger partial charge on any atom is 0.321 e. The van der Waals surface area contributed by atoms with Gasteiger partial charge in [-0.1, -0.05) is 35.9 Å². The molecule has 0 unspecified atom stereocenters. The Morgan fingerprint density at radius 3 is 2.28 bits per heavy atom. The lowest BCUT2D eigenvalue weighted by molar-refractivity contribution is -0.139. The molecular weight excluding hydrogens is 404 g/mol. The van der Waals surface area contributed by atoms with Gasteiger partial charge < -0.3 is 20.0 Å². The number of nitrogens with zero attached hydrogens (tertiary/aromatic N) is 3. The van der Waals surface area contributed by atoms with Gasteiger partial charge in [-0.2, -0.15) is 0 Å². The molecule has 0 radical (unpaired) electrons. The number of urea groups is 1. The van der Waals surface area contributed by atoms with Crippen molar-refractivity contribution in [3.8, 4) is 0 Å². The third-order valence-corrected chi connectivity index (χ3v) is 6.66. The Labute approximate surface area is 189 Å². The second-order valence-corrected chi connectivity index (χ2v) is 9.23. The zero-order valence-corrected chi connectivity index (χ0v) is 19.1. The Balaban J connectivity index is 1.54. The van der Waals surface area contributed by atoms with Gasteiger partial charge in [0.2, 0.25) is 5.91 Å². The minimum absolute atomic E-state index is 0.0346. The normalized spacial score (nSPS) is 21.9. The van der Waals surface area contributed by atoms with Crippen molar-refractivity contribution in [2.75, 3.05) is 45.6 Å². The van der Waals surface area contributed by atoms with Gasteiger partial charge in [-0.25, -0.2) is 4.79 Å². The molecule has 2 aromatic rings.